The van der Waals surface area contributed by atoms with Crippen molar-refractivity contribution in [3.05, 3.63) is 65.7 Å². The van der Waals surface area contributed by atoms with Gasteiger partial charge in [0.2, 0.25) is 0 Å². The van der Waals surface area contributed by atoms with Crippen LogP contribution in [-0.4, -0.2) is 50.6 Å². The smallest absolute Gasteiger partial charge is 0.251 e. The predicted molar refractivity (Wildman–Crippen MR) is 98.7 cm³/mol. The highest BCUT2D eigenvalue weighted by Crippen LogP contribution is 2.29. The van der Waals surface area contributed by atoms with Crippen LogP contribution in [0.2, 0.25) is 0 Å². The second kappa shape index (κ2) is 8.08. The summed E-state index contributed by atoms with van der Waals surface area (Å²) < 4.78 is 22.9. The van der Waals surface area contributed by atoms with Crippen molar-refractivity contribution >= 4 is 5.91 Å². The van der Waals surface area contributed by atoms with Crippen molar-refractivity contribution in [3.8, 4) is 5.75 Å². The van der Waals surface area contributed by atoms with Gasteiger partial charge in [-0.1, -0.05) is 30.3 Å². The largest absolute Gasteiger partial charge is 0.497 e. The number of hydrogen-bond acceptors (Lipinski definition) is 5. The molecule has 2 aliphatic rings. The molecule has 2 saturated heterocycles. The quantitative estimate of drug-likeness (QED) is 0.845. The molecular formula is C21H23NO5. The Balaban J connectivity index is 1.32. The fraction of sp³-hybridized carbons (Fsp3) is 0.381. The van der Waals surface area contributed by atoms with Gasteiger partial charge in [0.1, 0.15) is 24.1 Å². The van der Waals surface area contributed by atoms with Gasteiger partial charge in [-0.05, 0) is 29.8 Å². The highest BCUT2D eigenvalue weighted by molar-refractivity contribution is 5.94. The SMILES string of the molecule is COc1ccc(C(=O)N[C@@H]2CO[C@@H]3[C@@H]2OC[C@H]3OCc2ccccc2)cc1. The van der Waals surface area contributed by atoms with Crippen LogP contribution in [0.1, 0.15) is 15.9 Å². The molecule has 2 aliphatic heterocycles. The maximum Gasteiger partial charge on any atom is 0.251 e. The number of amides is 1. The Labute approximate surface area is 158 Å². The molecule has 0 unspecified atom stereocenters. The van der Waals surface area contributed by atoms with E-state index in [0.717, 1.165) is 5.56 Å². The van der Waals surface area contributed by atoms with E-state index >= 15 is 0 Å². The third-order valence-corrected chi connectivity index (χ3v) is 4.98. The van der Waals surface area contributed by atoms with Gasteiger partial charge in [0.05, 0.1) is 33.0 Å². The Morgan fingerprint density at radius 3 is 2.52 bits per heavy atom. The summed E-state index contributed by atoms with van der Waals surface area (Å²) in [4.78, 5) is 12.5. The molecule has 6 nitrogen and oxygen atoms in total. The van der Waals surface area contributed by atoms with Crippen molar-refractivity contribution in [1.82, 2.24) is 5.32 Å². The summed E-state index contributed by atoms with van der Waals surface area (Å²) in [6.07, 6.45) is -0.471. The summed E-state index contributed by atoms with van der Waals surface area (Å²) in [7, 11) is 1.60. The monoisotopic (exact) mass is 369 g/mol. The molecular weight excluding hydrogens is 346 g/mol. The molecule has 1 amide bonds. The topological polar surface area (TPSA) is 66.0 Å². The minimum atomic E-state index is -0.187. The molecule has 2 aromatic rings. The lowest BCUT2D eigenvalue weighted by Crippen LogP contribution is -2.44. The maximum absolute atomic E-state index is 12.5. The number of hydrogen-bond donors (Lipinski definition) is 1. The van der Waals surface area contributed by atoms with Gasteiger partial charge in [-0.3, -0.25) is 4.79 Å². The first-order valence-electron chi connectivity index (χ1n) is 9.08. The third-order valence-electron chi connectivity index (χ3n) is 4.98. The minimum absolute atomic E-state index is 0.127. The number of carbonyl (C=O) groups is 1. The molecule has 0 bridgehead atoms. The average molecular weight is 369 g/mol. The normalized spacial score (nSPS) is 26.6. The van der Waals surface area contributed by atoms with E-state index in [0.29, 0.717) is 31.1 Å². The molecule has 2 fully saturated rings. The standard InChI is InChI=1S/C21H23NO5/c1-24-16-9-7-15(8-10-16)21(23)22-17-12-26-20-18(13-27-19(17)20)25-11-14-5-3-2-4-6-14/h2-10,17-20H,11-13H2,1H3,(H,22,23)/t17-,18-,19-,20+/m1/s1. The molecule has 0 radical (unpaired) electrons. The van der Waals surface area contributed by atoms with Crippen LogP contribution >= 0.6 is 0 Å². The highest BCUT2D eigenvalue weighted by Gasteiger charge is 2.48. The van der Waals surface area contributed by atoms with Crippen LogP contribution in [0.4, 0.5) is 0 Å². The van der Waals surface area contributed by atoms with Crippen LogP contribution in [0.5, 0.6) is 5.75 Å². The number of carbonyl (C=O) groups excluding carboxylic acids is 1. The number of fused-ring (bicyclic) bond motifs is 1. The molecule has 6 heteroatoms. The van der Waals surface area contributed by atoms with E-state index in [2.05, 4.69) is 5.32 Å². The van der Waals surface area contributed by atoms with Crippen molar-refractivity contribution in [1.29, 1.82) is 0 Å². The van der Waals surface area contributed by atoms with Crippen LogP contribution in [0.25, 0.3) is 0 Å². The summed E-state index contributed by atoms with van der Waals surface area (Å²) in [6.45, 7) is 1.41. The molecule has 0 spiro atoms. The van der Waals surface area contributed by atoms with E-state index in [-0.39, 0.29) is 30.3 Å². The van der Waals surface area contributed by atoms with E-state index < -0.39 is 0 Å². The van der Waals surface area contributed by atoms with Crippen LogP contribution in [0, 0.1) is 0 Å². The lowest BCUT2D eigenvalue weighted by Gasteiger charge is -2.18. The van der Waals surface area contributed by atoms with Crippen LogP contribution in [0.3, 0.4) is 0 Å². The molecule has 142 valence electrons. The van der Waals surface area contributed by atoms with E-state index in [1.54, 1.807) is 31.4 Å². The molecule has 4 rings (SSSR count). The number of nitrogens with one attached hydrogen (secondary N) is 1. The summed E-state index contributed by atoms with van der Waals surface area (Å²) in [5.74, 6) is 0.567. The molecule has 4 atom stereocenters. The van der Waals surface area contributed by atoms with Gasteiger partial charge in [-0.2, -0.15) is 0 Å². The molecule has 0 saturated carbocycles. The summed E-state index contributed by atoms with van der Waals surface area (Å²) in [5.41, 5.74) is 1.69. The summed E-state index contributed by atoms with van der Waals surface area (Å²) in [6, 6.07) is 16.8. The maximum atomic E-state index is 12.5. The van der Waals surface area contributed by atoms with Crippen molar-refractivity contribution in [3.63, 3.8) is 0 Å². The van der Waals surface area contributed by atoms with Crippen LogP contribution in [0.15, 0.2) is 54.6 Å². The lowest BCUT2D eigenvalue weighted by atomic mass is 10.1. The summed E-state index contributed by atoms with van der Waals surface area (Å²) in [5, 5.41) is 3.01. The van der Waals surface area contributed by atoms with Crippen molar-refractivity contribution in [2.24, 2.45) is 0 Å². The third kappa shape index (κ3) is 3.98. The van der Waals surface area contributed by atoms with E-state index in [4.69, 9.17) is 18.9 Å². The average Bonchev–Trinajstić information content (AvgIpc) is 3.30. The van der Waals surface area contributed by atoms with Gasteiger partial charge in [-0.25, -0.2) is 0 Å². The number of rotatable bonds is 6. The molecule has 2 aromatic carbocycles. The summed E-state index contributed by atoms with van der Waals surface area (Å²) >= 11 is 0. The predicted octanol–water partition coefficient (Wildman–Crippen LogP) is 2.18. The zero-order chi connectivity index (χ0) is 18.6. The Bertz CT molecular complexity index is 764. The van der Waals surface area contributed by atoms with Crippen molar-refractivity contribution < 1.29 is 23.7 Å². The fourth-order valence-corrected chi connectivity index (χ4v) is 3.50. The first-order chi connectivity index (χ1) is 13.2. The highest BCUT2D eigenvalue weighted by atomic mass is 16.6. The van der Waals surface area contributed by atoms with Gasteiger partial charge >= 0.3 is 0 Å². The first-order valence-corrected chi connectivity index (χ1v) is 9.08. The van der Waals surface area contributed by atoms with Crippen molar-refractivity contribution in [2.45, 2.75) is 31.0 Å². The van der Waals surface area contributed by atoms with E-state index in [9.17, 15) is 4.79 Å². The Hall–Kier alpha value is -2.41. The number of benzene rings is 2. The Kier molecular flexibility index (Phi) is 5.38. The molecule has 0 aromatic heterocycles. The van der Waals surface area contributed by atoms with Crippen LogP contribution in [-0.2, 0) is 20.8 Å². The van der Waals surface area contributed by atoms with Crippen LogP contribution < -0.4 is 10.1 Å². The molecule has 27 heavy (non-hydrogen) atoms. The molecule has 0 aliphatic carbocycles. The first kappa shape index (κ1) is 18.0. The van der Waals surface area contributed by atoms with Crippen molar-refractivity contribution in [2.75, 3.05) is 20.3 Å². The van der Waals surface area contributed by atoms with Gasteiger partial charge in [0.15, 0.2) is 0 Å². The number of ether oxygens (including phenoxy) is 4. The van der Waals surface area contributed by atoms with Gasteiger partial charge in [0, 0.05) is 5.56 Å². The Morgan fingerprint density at radius 1 is 1.04 bits per heavy atom. The Morgan fingerprint density at radius 2 is 1.78 bits per heavy atom. The molecule has 2 heterocycles. The second-order valence-electron chi connectivity index (χ2n) is 6.74. The van der Waals surface area contributed by atoms with Gasteiger partial charge in [-0.15, -0.1) is 0 Å². The lowest BCUT2D eigenvalue weighted by molar-refractivity contribution is -0.0392. The zero-order valence-electron chi connectivity index (χ0n) is 15.2. The number of methoxy groups -OCH3 is 1. The second-order valence-corrected chi connectivity index (χ2v) is 6.74. The molecule has 1 N–H and O–H groups in total. The minimum Gasteiger partial charge on any atom is -0.497 e. The zero-order valence-corrected chi connectivity index (χ0v) is 15.2. The van der Waals surface area contributed by atoms with Gasteiger partial charge in [0.25, 0.3) is 5.91 Å². The van der Waals surface area contributed by atoms with E-state index in [1.165, 1.54) is 0 Å². The van der Waals surface area contributed by atoms with E-state index in [1.807, 2.05) is 30.3 Å². The fourth-order valence-electron chi connectivity index (χ4n) is 3.50. The van der Waals surface area contributed by atoms with Gasteiger partial charge < -0.3 is 24.3 Å².